The number of nitrogens with zero attached hydrogens (tertiary/aromatic N) is 1. The standard InChI is InChI=1S/C21H16N2O5/c24-20(18-11-4-5-12-19(18)23(26)27)22-17-10-6-9-16(13-17)21(25)28-14-15-7-2-1-3-8-15/h1-13H,14H2,(H,22,24). The number of anilines is 1. The minimum Gasteiger partial charge on any atom is -0.457 e. The van der Waals surface area contributed by atoms with E-state index in [1.807, 2.05) is 30.3 Å². The molecule has 0 atom stereocenters. The van der Waals surface area contributed by atoms with Crippen LogP contribution in [0.1, 0.15) is 26.3 Å². The molecule has 0 aliphatic rings. The number of ether oxygens (including phenoxy) is 1. The van der Waals surface area contributed by atoms with Gasteiger partial charge < -0.3 is 10.1 Å². The number of carbonyl (C=O) groups is 2. The van der Waals surface area contributed by atoms with Gasteiger partial charge in [0.15, 0.2) is 0 Å². The molecule has 0 saturated carbocycles. The minimum atomic E-state index is -0.637. The molecule has 3 aromatic carbocycles. The molecule has 0 bridgehead atoms. The van der Waals surface area contributed by atoms with Gasteiger partial charge >= 0.3 is 5.97 Å². The fourth-order valence-electron chi connectivity index (χ4n) is 2.55. The number of hydrogen-bond donors (Lipinski definition) is 1. The van der Waals surface area contributed by atoms with Crippen LogP contribution in [-0.4, -0.2) is 16.8 Å². The summed E-state index contributed by atoms with van der Waals surface area (Å²) in [5, 5.41) is 13.6. The van der Waals surface area contributed by atoms with E-state index in [1.165, 1.54) is 24.3 Å². The normalized spacial score (nSPS) is 10.1. The highest BCUT2D eigenvalue weighted by Crippen LogP contribution is 2.20. The maximum absolute atomic E-state index is 12.4. The van der Waals surface area contributed by atoms with Gasteiger partial charge in [-0.1, -0.05) is 48.5 Å². The lowest BCUT2D eigenvalue weighted by molar-refractivity contribution is -0.385. The number of nitrogens with one attached hydrogen (secondary N) is 1. The molecular formula is C21H16N2O5. The molecule has 0 heterocycles. The number of para-hydroxylation sites is 1. The molecule has 1 amide bonds. The fraction of sp³-hybridized carbons (Fsp3) is 0.0476. The second kappa shape index (κ2) is 8.59. The molecule has 28 heavy (non-hydrogen) atoms. The summed E-state index contributed by atoms with van der Waals surface area (Å²) < 4.78 is 5.27. The van der Waals surface area contributed by atoms with Crippen LogP contribution < -0.4 is 5.32 Å². The molecule has 0 radical (unpaired) electrons. The Labute approximate surface area is 160 Å². The summed E-state index contributed by atoms with van der Waals surface area (Å²) in [6, 6.07) is 21.1. The summed E-state index contributed by atoms with van der Waals surface area (Å²) in [6.45, 7) is 0.131. The van der Waals surface area contributed by atoms with Gasteiger partial charge in [-0.05, 0) is 29.8 Å². The van der Waals surface area contributed by atoms with Gasteiger partial charge in [-0.25, -0.2) is 4.79 Å². The van der Waals surface area contributed by atoms with Crippen molar-refractivity contribution in [1.82, 2.24) is 0 Å². The van der Waals surface area contributed by atoms with Crippen molar-refractivity contribution in [2.75, 3.05) is 5.32 Å². The molecule has 0 fully saturated rings. The second-order valence-corrected chi connectivity index (χ2v) is 5.87. The Morgan fingerprint density at radius 2 is 1.64 bits per heavy atom. The van der Waals surface area contributed by atoms with E-state index in [2.05, 4.69) is 5.32 Å². The number of benzene rings is 3. The van der Waals surface area contributed by atoms with Crippen LogP contribution in [0.5, 0.6) is 0 Å². The Bertz CT molecular complexity index is 1020. The lowest BCUT2D eigenvalue weighted by atomic mass is 10.1. The number of esters is 1. The molecule has 0 unspecified atom stereocenters. The first-order chi connectivity index (χ1) is 13.5. The van der Waals surface area contributed by atoms with E-state index in [1.54, 1.807) is 24.3 Å². The van der Waals surface area contributed by atoms with Crippen molar-refractivity contribution in [3.8, 4) is 0 Å². The summed E-state index contributed by atoms with van der Waals surface area (Å²) in [4.78, 5) is 35.1. The largest absolute Gasteiger partial charge is 0.457 e. The van der Waals surface area contributed by atoms with Crippen LogP contribution in [0.4, 0.5) is 11.4 Å². The van der Waals surface area contributed by atoms with E-state index in [-0.39, 0.29) is 23.4 Å². The van der Waals surface area contributed by atoms with Crippen LogP contribution in [0.2, 0.25) is 0 Å². The molecule has 1 N–H and O–H groups in total. The molecular weight excluding hydrogens is 360 g/mol. The molecule has 0 saturated heterocycles. The Hall–Kier alpha value is -4.00. The van der Waals surface area contributed by atoms with E-state index in [4.69, 9.17) is 4.74 Å². The van der Waals surface area contributed by atoms with E-state index in [9.17, 15) is 19.7 Å². The third-order valence-corrected chi connectivity index (χ3v) is 3.91. The fourth-order valence-corrected chi connectivity index (χ4v) is 2.55. The Morgan fingerprint density at radius 1 is 0.929 bits per heavy atom. The topological polar surface area (TPSA) is 98.5 Å². The lowest BCUT2D eigenvalue weighted by Crippen LogP contribution is -2.14. The van der Waals surface area contributed by atoms with Gasteiger partial charge in [0.2, 0.25) is 0 Å². The van der Waals surface area contributed by atoms with Gasteiger partial charge in [0.05, 0.1) is 10.5 Å². The average molecular weight is 376 g/mol. The first-order valence-electron chi connectivity index (χ1n) is 8.40. The average Bonchev–Trinajstić information content (AvgIpc) is 2.73. The number of carbonyl (C=O) groups excluding carboxylic acids is 2. The summed E-state index contributed by atoms with van der Waals surface area (Å²) in [7, 11) is 0. The van der Waals surface area contributed by atoms with Gasteiger partial charge in [-0.3, -0.25) is 14.9 Å². The van der Waals surface area contributed by atoms with Crippen molar-refractivity contribution in [2.24, 2.45) is 0 Å². The molecule has 0 aliphatic carbocycles. The van der Waals surface area contributed by atoms with Crippen LogP contribution >= 0.6 is 0 Å². The molecule has 0 spiro atoms. The first-order valence-corrected chi connectivity index (χ1v) is 8.40. The zero-order valence-electron chi connectivity index (χ0n) is 14.7. The van der Waals surface area contributed by atoms with Crippen LogP contribution in [-0.2, 0) is 11.3 Å². The van der Waals surface area contributed by atoms with Gasteiger partial charge in [-0.15, -0.1) is 0 Å². The van der Waals surface area contributed by atoms with E-state index < -0.39 is 16.8 Å². The smallest absolute Gasteiger partial charge is 0.338 e. The third-order valence-electron chi connectivity index (χ3n) is 3.91. The van der Waals surface area contributed by atoms with Crippen LogP contribution in [0.25, 0.3) is 0 Å². The summed E-state index contributed by atoms with van der Waals surface area (Å²) in [6.07, 6.45) is 0. The maximum atomic E-state index is 12.4. The zero-order chi connectivity index (χ0) is 19.9. The van der Waals surface area contributed by atoms with Crippen molar-refractivity contribution < 1.29 is 19.2 Å². The SMILES string of the molecule is O=C(OCc1ccccc1)c1cccc(NC(=O)c2ccccc2[N+](=O)[O-])c1. The maximum Gasteiger partial charge on any atom is 0.338 e. The van der Waals surface area contributed by atoms with Gasteiger partial charge in [0.25, 0.3) is 11.6 Å². The number of amides is 1. The van der Waals surface area contributed by atoms with Crippen molar-refractivity contribution >= 4 is 23.3 Å². The monoisotopic (exact) mass is 376 g/mol. The summed E-state index contributed by atoms with van der Waals surface area (Å²) >= 11 is 0. The lowest BCUT2D eigenvalue weighted by Gasteiger charge is -2.08. The molecule has 0 aliphatic heterocycles. The third kappa shape index (κ3) is 4.59. The first kappa shape index (κ1) is 18.8. The highest BCUT2D eigenvalue weighted by molar-refractivity contribution is 6.07. The Balaban J connectivity index is 1.70. The van der Waals surface area contributed by atoms with Crippen molar-refractivity contribution in [2.45, 2.75) is 6.61 Å². The predicted octanol–water partition coefficient (Wildman–Crippen LogP) is 4.20. The van der Waals surface area contributed by atoms with E-state index in [0.29, 0.717) is 5.69 Å². The molecule has 7 heteroatoms. The number of hydrogen-bond acceptors (Lipinski definition) is 5. The van der Waals surface area contributed by atoms with Crippen molar-refractivity contribution in [1.29, 1.82) is 0 Å². The highest BCUT2D eigenvalue weighted by Gasteiger charge is 2.19. The van der Waals surface area contributed by atoms with E-state index >= 15 is 0 Å². The molecule has 7 nitrogen and oxygen atoms in total. The van der Waals surface area contributed by atoms with E-state index in [0.717, 1.165) is 5.56 Å². The minimum absolute atomic E-state index is 0.0652. The zero-order valence-corrected chi connectivity index (χ0v) is 14.7. The van der Waals surface area contributed by atoms with Crippen LogP contribution in [0.3, 0.4) is 0 Å². The van der Waals surface area contributed by atoms with Crippen LogP contribution in [0, 0.1) is 10.1 Å². The van der Waals surface area contributed by atoms with Gasteiger partial charge in [0.1, 0.15) is 12.2 Å². The number of rotatable bonds is 6. The Morgan fingerprint density at radius 3 is 2.39 bits per heavy atom. The van der Waals surface area contributed by atoms with Gasteiger partial charge in [0, 0.05) is 11.8 Å². The Kier molecular flexibility index (Phi) is 5.76. The molecule has 3 aromatic rings. The predicted molar refractivity (Wildman–Crippen MR) is 103 cm³/mol. The second-order valence-electron chi connectivity index (χ2n) is 5.87. The van der Waals surface area contributed by atoms with Crippen LogP contribution in [0.15, 0.2) is 78.9 Å². The molecule has 140 valence electrons. The molecule has 3 rings (SSSR count). The summed E-state index contributed by atoms with van der Waals surface area (Å²) in [5.41, 5.74) is 1.09. The highest BCUT2D eigenvalue weighted by atomic mass is 16.6. The number of nitro benzene ring substituents is 1. The number of nitro groups is 1. The molecule has 0 aromatic heterocycles. The van der Waals surface area contributed by atoms with Gasteiger partial charge in [-0.2, -0.15) is 0 Å². The quantitative estimate of drug-likeness (QED) is 0.395. The van der Waals surface area contributed by atoms with Crippen molar-refractivity contribution in [3.05, 3.63) is 106 Å². The van der Waals surface area contributed by atoms with Crippen molar-refractivity contribution in [3.63, 3.8) is 0 Å². The summed E-state index contributed by atoms with van der Waals surface area (Å²) in [5.74, 6) is -1.17.